The van der Waals surface area contributed by atoms with Crippen molar-refractivity contribution in [3.63, 3.8) is 0 Å². The number of rotatable bonds is 6. The number of nitrogens with two attached hydrogens (primary N) is 1. The normalized spacial score (nSPS) is 19.7. The molecule has 0 aromatic heterocycles. The maximum absolute atomic E-state index is 8.96. The van der Waals surface area contributed by atoms with Crippen LogP contribution in [0.2, 0.25) is 0 Å². The van der Waals surface area contributed by atoms with E-state index in [1.54, 1.807) is 0 Å². The van der Waals surface area contributed by atoms with E-state index in [-0.39, 0.29) is 17.3 Å². The third kappa shape index (κ3) is 3.07. The second-order valence-electron chi connectivity index (χ2n) is 5.36. The predicted octanol–water partition coefficient (Wildman–Crippen LogP) is 2.44. The van der Waals surface area contributed by atoms with Crippen molar-refractivity contribution in [2.45, 2.75) is 44.1 Å². The van der Waals surface area contributed by atoms with Gasteiger partial charge in [0, 0.05) is 12.1 Å². The van der Waals surface area contributed by atoms with Crippen molar-refractivity contribution in [3.8, 4) is 0 Å². The Kier molecular flexibility index (Phi) is 4.43. The molecular formula is C15H23N3O. The van der Waals surface area contributed by atoms with E-state index >= 15 is 0 Å². The van der Waals surface area contributed by atoms with Gasteiger partial charge >= 0.3 is 0 Å². The van der Waals surface area contributed by atoms with E-state index in [1.165, 1.54) is 19.3 Å². The van der Waals surface area contributed by atoms with E-state index < -0.39 is 0 Å². The molecule has 104 valence electrons. The second kappa shape index (κ2) is 6.06. The topological polar surface area (TPSA) is 70.6 Å². The van der Waals surface area contributed by atoms with Gasteiger partial charge in [-0.2, -0.15) is 0 Å². The Bertz CT molecular complexity index is 421. The molecule has 4 heteroatoms. The van der Waals surface area contributed by atoms with Crippen molar-refractivity contribution in [3.05, 3.63) is 35.9 Å². The first-order valence-corrected chi connectivity index (χ1v) is 6.98. The number of nitrogens with zero attached hydrogens (tertiary/aromatic N) is 1. The van der Waals surface area contributed by atoms with E-state index in [2.05, 4.69) is 17.4 Å². The van der Waals surface area contributed by atoms with E-state index in [0.29, 0.717) is 6.54 Å². The van der Waals surface area contributed by atoms with Crippen molar-refractivity contribution < 1.29 is 5.21 Å². The van der Waals surface area contributed by atoms with Gasteiger partial charge in [0.25, 0.3) is 0 Å². The Balaban J connectivity index is 2.07. The smallest absolute Gasteiger partial charge is 0.147 e. The van der Waals surface area contributed by atoms with Crippen molar-refractivity contribution in [2.24, 2.45) is 10.9 Å². The molecule has 1 saturated carbocycles. The van der Waals surface area contributed by atoms with Crippen LogP contribution in [0.3, 0.4) is 0 Å². The van der Waals surface area contributed by atoms with Crippen LogP contribution in [0.5, 0.6) is 0 Å². The fourth-order valence-electron chi connectivity index (χ4n) is 2.73. The van der Waals surface area contributed by atoms with Crippen LogP contribution in [-0.4, -0.2) is 23.1 Å². The van der Waals surface area contributed by atoms with Crippen molar-refractivity contribution >= 4 is 5.84 Å². The first-order valence-electron chi connectivity index (χ1n) is 6.98. The zero-order valence-corrected chi connectivity index (χ0v) is 11.5. The van der Waals surface area contributed by atoms with Crippen LogP contribution >= 0.6 is 0 Å². The maximum atomic E-state index is 8.96. The summed E-state index contributed by atoms with van der Waals surface area (Å²) in [6.07, 6.45) is 4.87. The molecule has 1 fully saturated rings. The molecule has 4 nitrogen and oxygen atoms in total. The quantitative estimate of drug-likeness (QED) is 0.319. The summed E-state index contributed by atoms with van der Waals surface area (Å²) in [5, 5.41) is 15.8. The van der Waals surface area contributed by atoms with Crippen LogP contribution < -0.4 is 11.1 Å². The van der Waals surface area contributed by atoms with Gasteiger partial charge in [-0.1, -0.05) is 42.4 Å². The zero-order valence-electron chi connectivity index (χ0n) is 11.5. The van der Waals surface area contributed by atoms with Gasteiger partial charge in [-0.3, -0.25) is 0 Å². The third-order valence-electron chi connectivity index (χ3n) is 4.34. The highest BCUT2D eigenvalue weighted by molar-refractivity contribution is 5.87. The number of hydrogen-bond donors (Lipinski definition) is 3. The summed E-state index contributed by atoms with van der Waals surface area (Å²) in [6.45, 7) is 2.93. The Morgan fingerprint density at radius 2 is 2.11 bits per heavy atom. The highest BCUT2D eigenvalue weighted by Crippen LogP contribution is 2.35. The maximum Gasteiger partial charge on any atom is 0.147 e. The summed E-state index contributed by atoms with van der Waals surface area (Å²) < 4.78 is 0. The van der Waals surface area contributed by atoms with Crippen LogP contribution in [0.1, 0.15) is 44.1 Å². The standard InChI is InChI=1S/C15H23N3O/c1-2-15(9-6-10-15)17-11-13(14(16)18-19)12-7-4-3-5-8-12/h3-5,7-8,13,17,19H,2,6,9-11H2,1H3,(H2,16,18). The average Bonchev–Trinajstić information content (AvgIpc) is 2.42. The molecule has 0 heterocycles. The number of amidine groups is 1. The van der Waals surface area contributed by atoms with E-state index in [9.17, 15) is 0 Å². The highest BCUT2D eigenvalue weighted by atomic mass is 16.4. The van der Waals surface area contributed by atoms with Gasteiger partial charge in [0.05, 0.1) is 5.92 Å². The first-order chi connectivity index (χ1) is 9.21. The van der Waals surface area contributed by atoms with Gasteiger partial charge in [0.15, 0.2) is 0 Å². The molecule has 0 radical (unpaired) electrons. The SMILES string of the molecule is CCC1(NCC(/C(N)=N/O)c2ccccc2)CCC1. The fourth-order valence-corrected chi connectivity index (χ4v) is 2.73. The molecule has 0 bridgehead atoms. The summed E-state index contributed by atoms with van der Waals surface area (Å²) in [5.41, 5.74) is 7.19. The van der Waals surface area contributed by atoms with Crippen LogP contribution in [0.25, 0.3) is 0 Å². The minimum absolute atomic E-state index is 0.0739. The number of nitrogens with one attached hydrogen (secondary N) is 1. The van der Waals surface area contributed by atoms with E-state index in [1.807, 2.05) is 30.3 Å². The Labute approximate surface area is 114 Å². The molecule has 4 N–H and O–H groups in total. The molecule has 1 aliphatic carbocycles. The molecule has 1 aromatic carbocycles. The van der Waals surface area contributed by atoms with Crippen LogP contribution in [0, 0.1) is 0 Å². The molecule has 0 spiro atoms. The first kappa shape index (κ1) is 13.9. The molecule has 1 aliphatic rings. The molecule has 0 amide bonds. The summed E-state index contributed by atoms with van der Waals surface area (Å²) in [7, 11) is 0. The van der Waals surface area contributed by atoms with Gasteiger partial charge in [0.1, 0.15) is 5.84 Å². The van der Waals surface area contributed by atoms with Gasteiger partial charge in [-0.15, -0.1) is 0 Å². The fraction of sp³-hybridized carbons (Fsp3) is 0.533. The molecule has 19 heavy (non-hydrogen) atoms. The van der Waals surface area contributed by atoms with Crippen LogP contribution in [0.15, 0.2) is 35.5 Å². The van der Waals surface area contributed by atoms with Crippen molar-refractivity contribution in [1.82, 2.24) is 5.32 Å². The lowest BCUT2D eigenvalue weighted by molar-refractivity contribution is 0.177. The monoisotopic (exact) mass is 261 g/mol. The lowest BCUT2D eigenvalue weighted by Crippen LogP contribution is -2.52. The van der Waals surface area contributed by atoms with E-state index in [4.69, 9.17) is 10.9 Å². The van der Waals surface area contributed by atoms with Crippen molar-refractivity contribution in [1.29, 1.82) is 0 Å². The minimum atomic E-state index is -0.0739. The summed E-state index contributed by atoms with van der Waals surface area (Å²) in [6, 6.07) is 9.96. The lowest BCUT2D eigenvalue weighted by Gasteiger charge is -2.43. The Morgan fingerprint density at radius 1 is 1.42 bits per heavy atom. The van der Waals surface area contributed by atoms with Gasteiger partial charge < -0.3 is 16.3 Å². The molecule has 1 unspecified atom stereocenters. The number of hydrogen-bond acceptors (Lipinski definition) is 3. The molecular weight excluding hydrogens is 238 g/mol. The van der Waals surface area contributed by atoms with Gasteiger partial charge in [-0.25, -0.2) is 0 Å². The molecule has 0 saturated heterocycles. The number of benzene rings is 1. The third-order valence-corrected chi connectivity index (χ3v) is 4.34. The van der Waals surface area contributed by atoms with Gasteiger partial charge in [0.2, 0.25) is 0 Å². The second-order valence-corrected chi connectivity index (χ2v) is 5.36. The summed E-state index contributed by atoms with van der Waals surface area (Å²) in [4.78, 5) is 0. The predicted molar refractivity (Wildman–Crippen MR) is 77.5 cm³/mol. The summed E-state index contributed by atoms with van der Waals surface area (Å²) in [5.74, 6) is 0.194. The number of oxime groups is 1. The van der Waals surface area contributed by atoms with Crippen LogP contribution in [-0.2, 0) is 0 Å². The molecule has 1 aromatic rings. The van der Waals surface area contributed by atoms with Crippen molar-refractivity contribution in [2.75, 3.05) is 6.54 Å². The summed E-state index contributed by atoms with van der Waals surface area (Å²) >= 11 is 0. The van der Waals surface area contributed by atoms with Gasteiger partial charge in [-0.05, 0) is 31.2 Å². The Hall–Kier alpha value is -1.55. The Morgan fingerprint density at radius 3 is 2.58 bits per heavy atom. The average molecular weight is 261 g/mol. The van der Waals surface area contributed by atoms with E-state index in [0.717, 1.165) is 12.0 Å². The zero-order chi connectivity index (χ0) is 13.7. The molecule has 1 atom stereocenters. The largest absolute Gasteiger partial charge is 0.409 e. The minimum Gasteiger partial charge on any atom is -0.409 e. The lowest BCUT2D eigenvalue weighted by atomic mass is 9.74. The molecule has 0 aliphatic heterocycles. The molecule has 2 rings (SSSR count). The van der Waals surface area contributed by atoms with Crippen LogP contribution in [0.4, 0.5) is 0 Å². The highest BCUT2D eigenvalue weighted by Gasteiger charge is 2.35.